The smallest absolute Gasteiger partial charge is 0.142 e. The summed E-state index contributed by atoms with van der Waals surface area (Å²) in [7, 11) is 2.00. The highest BCUT2D eigenvalue weighted by Crippen LogP contribution is 2.33. The van der Waals surface area contributed by atoms with E-state index in [0.29, 0.717) is 6.61 Å². The summed E-state index contributed by atoms with van der Waals surface area (Å²) in [5.41, 5.74) is 2.38. The van der Waals surface area contributed by atoms with E-state index in [2.05, 4.69) is 24.0 Å². The van der Waals surface area contributed by atoms with Gasteiger partial charge < -0.3 is 14.7 Å². The summed E-state index contributed by atoms with van der Waals surface area (Å²) in [5.74, 6) is 0.916. The first-order valence-corrected chi connectivity index (χ1v) is 5.35. The fourth-order valence-corrected chi connectivity index (χ4v) is 1.85. The molecule has 1 N–H and O–H groups in total. The van der Waals surface area contributed by atoms with Crippen molar-refractivity contribution in [3.05, 3.63) is 23.8 Å². The predicted molar refractivity (Wildman–Crippen MR) is 60.6 cm³/mol. The summed E-state index contributed by atoms with van der Waals surface area (Å²) < 4.78 is 5.60. The standard InChI is InChI=1S/C12H17NO2/c1-3-9-4-5-12-11(6-9)13(2)10(7-14)8-15-12/h4-6,10,14H,3,7-8H2,1-2H3. The van der Waals surface area contributed by atoms with E-state index in [4.69, 9.17) is 4.74 Å². The zero-order chi connectivity index (χ0) is 10.8. The van der Waals surface area contributed by atoms with Gasteiger partial charge in [0.2, 0.25) is 0 Å². The molecule has 1 aliphatic rings. The molecule has 0 radical (unpaired) electrons. The average molecular weight is 207 g/mol. The van der Waals surface area contributed by atoms with Crippen LogP contribution in [-0.4, -0.2) is 31.4 Å². The second-order valence-electron chi connectivity index (χ2n) is 3.91. The second kappa shape index (κ2) is 4.11. The third kappa shape index (κ3) is 1.79. The van der Waals surface area contributed by atoms with E-state index in [1.165, 1.54) is 5.56 Å². The van der Waals surface area contributed by atoms with Gasteiger partial charge in [-0.3, -0.25) is 0 Å². The number of aryl methyl sites for hydroxylation is 1. The van der Waals surface area contributed by atoms with Crippen molar-refractivity contribution in [1.82, 2.24) is 0 Å². The lowest BCUT2D eigenvalue weighted by Crippen LogP contribution is -2.42. The minimum Gasteiger partial charge on any atom is -0.489 e. The molecule has 1 atom stereocenters. The van der Waals surface area contributed by atoms with E-state index in [-0.39, 0.29) is 12.6 Å². The SMILES string of the molecule is CCc1ccc2c(c1)N(C)C(CO)CO2. The quantitative estimate of drug-likeness (QED) is 0.796. The lowest BCUT2D eigenvalue weighted by molar-refractivity contribution is 0.191. The Bertz CT molecular complexity index is 351. The number of rotatable bonds is 2. The Hall–Kier alpha value is -1.22. The van der Waals surface area contributed by atoms with Crippen LogP contribution in [0.2, 0.25) is 0 Å². The fourth-order valence-electron chi connectivity index (χ4n) is 1.85. The van der Waals surface area contributed by atoms with Crippen molar-refractivity contribution in [3.63, 3.8) is 0 Å². The van der Waals surface area contributed by atoms with Crippen LogP contribution in [-0.2, 0) is 6.42 Å². The maximum atomic E-state index is 9.19. The van der Waals surface area contributed by atoms with Gasteiger partial charge in [0.15, 0.2) is 0 Å². The highest BCUT2D eigenvalue weighted by molar-refractivity contribution is 5.61. The average Bonchev–Trinajstić information content (AvgIpc) is 2.29. The van der Waals surface area contributed by atoms with Crippen LogP contribution >= 0.6 is 0 Å². The Balaban J connectivity index is 2.35. The highest BCUT2D eigenvalue weighted by Gasteiger charge is 2.23. The van der Waals surface area contributed by atoms with E-state index in [0.717, 1.165) is 17.9 Å². The summed E-state index contributed by atoms with van der Waals surface area (Å²) in [4.78, 5) is 2.10. The summed E-state index contributed by atoms with van der Waals surface area (Å²) in [6.07, 6.45) is 1.02. The van der Waals surface area contributed by atoms with Crippen LogP contribution in [0.15, 0.2) is 18.2 Å². The van der Waals surface area contributed by atoms with Crippen molar-refractivity contribution < 1.29 is 9.84 Å². The Morgan fingerprint density at radius 1 is 1.53 bits per heavy atom. The lowest BCUT2D eigenvalue weighted by atomic mass is 10.1. The van der Waals surface area contributed by atoms with Gasteiger partial charge in [-0.05, 0) is 24.1 Å². The molecule has 3 nitrogen and oxygen atoms in total. The van der Waals surface area contributed by atoms with Gasteiger partial charge in [0.25, 0.3) is 0 Å². The first kappa shape index (κ1) is 10.3. The molecule has 1 heterocycles. The fraction of sp³-hybridized carbons (Fsp3) is 0.500. The molecule has 0 saturated heterocycles. The highest BCUT2D eigenvalue weighted by atomic mass is 16.5. The molecule has 15 heavy (non-hydrogen) atoms. The van der Waals surface area contributed by atoms with E-state index in [9.17, 15) is 5.11 Å². The number of hydrogen-bond donors (Lipinski definition) is 1. The monoisotopic (exact) mass is 207 g/mol. The number of anilines is 1. The van der Waals surface area contributed by atoms with Gasteiger partial charge in [-0.1, -0.05) is 13.0 Å². The van der Waals surface area contributed by atoms with Crippen molar-refractivity contribution in [2.75, 3.05) is 25.2 Å². The Labute approximate surface area is 90.3 Å². The Morgan fingerprint density at radius 3 is 3.00 bits per heavy atom. The molecular weight excluding hydrogens is 190 g/mol. The van der Waals surface area contributed by atoms with Crippen molar-refractivity contribution in [2.24, 2.45) is 0 Å². The Kier molecular flexibility index (Phi) is 2.82. The molecule has 0 saturated carbocycles. The van der Waals surface area contributed by atoms with Crippen LogP contribution in [0, 0.1) is 0 Å². The maximum Gasteiger partial charge on any atom is 0.142 e. The number of likely N-dealkylation sites (N-methyl/N-ethyl adjacent to an activating group) is 1. The number of hydrogen-bond acceptors (Lipinski definition) is 3. The molecule has 0 aliphatic carbocycles. The molecular formula is C12H17NO2. The molecule has 82 valence electrons. The normalized spacial score (nSPS) is 19.7. The van der Waals surface area contributed by atoms with E-state index < -0.39 is 0 Å². The van der Waals surface area contributed by atoms with Gasteiger partial charge in [0, 0.05) is 7.05 Å². The van der Waals surface area contributed by atoms with Crippen LogP contribution in [0.4, 0.5) is 5.69 Å². The molecule has 1 aliphatic heterocycles. The number of nitrogens with zero attached hydrogens (tertiary/aromatic N) is 1. The van der Waals surface area contributed by atoms with Gasteiger partial charge >= 0.3 is 0 Å². The summed E-state index contributed by atoms with van der Waals surface area (Å²) in [6, 6.07) is 6.31. The molecule has 3 heteroatoms. The number of aliphatic hydroxyl groups excluding tert-OH is 1. The van der Waals surface area contributed by atoms with Gasteiger partial charge in [-0.25, -0.2) is 0 Å². The van der Waals surface area contributed by atoms with Crippen LogP contribution in [0.3, 0.4) is 0 Å². The second-order valence-corrected chi connectivity index (χ2v) is 3.91. The molecule has 1 aromatic carbocycles. The largest absolute Gasteiger partial charge is 0.489 e. The number of aliphatic hydroxyl groups is 1. The van der Waals surface area contributed by atoms with Crippen LogP contribution in [0.25, 0.3) is 0 Å². The van der Waals surface area contributed by atoms with Crippen LogP contribution < -0.4 is 9.64 Å². The predicted octanol–water partition coefficient (Wildman–Crippen LogP) is 1.44. The van der Waals surface area contributed by atoms with E-state index >= 15 is 0 Å². The third-order valence-corrected chi connectivity index (χ3v) is 3.00. The first-order valence-electron chi connectivity index (χ1n) is 5.35. The van der Waals surface area contributed by atoms with Gasteiger partial charge in [0.05, 0.1) is 18.3 Å². The molecule has 0 bridgehead atoms. The van der Waals surface area contributed by atoms with E-state index in [1.807, 2.05) is 13.1 Å². The van der Waals surface area contributed by atoms with Gasteiger partial charge in [0.1, 0.15) is 12.4 Å². The lowest BCUT2D eigenvalue weighted by Gasteiger charge is -2.35. The minimum atomic E-state index is 0.0737. The zero-order valence-electron chi connectivity index (χ0n) is 9.23. The van der Waals surface area contributed by atoms with Crippen LogP contribution in [0.1, 0.15) is 12.5 Å². The molecule has 0 aromatic heterocycles. The topological polar surface area (TPSA) is 32.7 Å². The van der Waals surface area contributed by atoms with Crippen molar-refractivity contribution in [1.29, 1.82) is 0 Å². The van der Waals surface area contributed by atoms with Crippen LogP contribution in [0.5, 0.6) is 5.75 Å². The van der Waals surface area contributed by atoms with Crippen molar-refractivity contribution >= 4 is 5.69 Å². The third-order valence-electron chi connectivity index (χ3n) is 3.00. The van der Waals surface area contributed by atoms with E-state index in [1.54, 1.807) is 0 Å². The first-order chi connectivity index (χ1) is 7.26. The molecule has 0 amide bonds. The number of benzene rings is 1. The maximum absolute atomic E-state index is 9.19. The van der Waals surface area contributed by atoms with Gasteiger partial charge in [-0.2, -0.15) is 0 Å². The summed E-state index contributed by atoms with van der Waals surface area (Å²) in [6.45, 7) is 2.83. The molecule has 1 unspecified atom stereocenters. The van der Waals surface area contributed by atoms with Gasteiger partial charge in [-0.15, -0.1) is 0 Å². The van der Waals surface area contributed by atoms with Crippen molar-refractivity contribution in [3.8, 4) is 5.75 Å². The molecule has 0 spiro atoms. The summed E-state index contributed by atoms with van der Waals surface area (Å²) in [5, 5.41) is 9.19. The molecule has 2 rings (SSSR count). The van der Waals surface area contributed by atoms with Crippen molar-refractivity contribution in [2.45, 2.75) is 19.4 Å². The number of ether oxygens (including phenoxy) is 1. The minimum absolute atomic E-state index is 0.0737. The Morgan fingerprint density at radius 2 is 2.33 bits per heavy atom. The summed E-state index contributed by atoms with van der Waals surface area (Å²) >= 11 is 0. The molecule has 1 aromatic rings. The zero-order valence-corrected chi connectivity index (χ0v) is 9.23. The molecule has 0 fully saturated rings. The number of fused-ring (bicyclic) bond motifs is 1.